The Bertz CT molecular complexity index is 512. The molecule has 0 aromatic rings. The first kappa shape index (κ1) is 47.5. The van der Waals surface area contributed by atoms with Gasteiger partial charge < -0.3 is 30.0 Å². The van der Waals surface area contributed by atoms with Crippen molar-refractivity contribution in [2.75, 3.05) is 0 Å². The molecule has 0 saturated carbocycles. The summed E-state index contributed by atoms with van der Waals surface area (Å²) in [6, 6.07) is 0. The summed E-state index contributed by atoms with van der Waals surface area (Å²) in [6.45, 7) is 4.49. The number of aliphatic carboxylic acids is 2. The summed E-state index contributed by atoms with van der Waals surface area (Å²) in [7, 11) is 0. The zero-order valence-corrected chi connectivity index (χ0v) is 30.8. The fourth-order valence-corrected chi connectivity index (χ4v) is 5.32. The van der Waals surface area contributed by atoms with E-state index in [4.69, 9.17) is 0 Å². The maximum Gasteiger partial charge on any atom is 2.00 e. The summed E-state index contributed by atoms with van der Waals surface area (Å²) in [5.74, 6) is -1.93. The van der Waals surface area contributed by atoms with Gasteiger partial charge in [-0.15, -0.1) is 0 Å². The van der Waals surface area contributed by atoms with Gasteiger partial charge >= 0.3 is 37.7 Å². The fourth-order valence-electron chi connectivity index (χ4n) is 5.32. The van der Waals surface area contributed by atoms with E-state index in [0.717, 1.165) is 64.2 Å². The molecule has 0 fully saturated rings. The second kappa shape index (κ2) is 40.1. The second-order valence-corrected chi connectivity index (χ2v) is 12.5. The first-order chi connectivity index (χ1) is 20.3. The largest absolute Gasteiger partial charge is 2.00 e. The van der Waals surface area contributed by atoms with Gasteiger partial charge in [0, 0.05) is 11.9 Å². The summed E-state index contributed by atoms with van der Waals surface area (Å²) < 4.78 is 0. The Hall–Kier alpha value is 0.120. The van der Waals surface area contributed by atoms with E-state index in [1.165, 1.54) is 103 Å². The normalized spacial score (nSPS) is 12.2. The van der Waals surface area contributed by atoms with Gasteiger partial charge in [-0.05, 0) is 51.4 Å². The van der Waals surface area contributed by atoms with Crippen molar-refractivity contribution in [3.8, 4) is 0 Å². The van der Waals surface area contributed by atoms with Crippen LogP contribution >= 0.6 is 0 Å². The summed E-state index contributed by atoms with van der Waals surface area (Å²) in [5.41, 5.74) is 0. The number of rotatable bonds is 32. The molecule has 43 heavy (non-hydrogen) atoms. The van der Waals surface area contributed by atoms with Crippen LogP contribution in [0.4, 0.5) is 0 Å². The van der Waals surface area contributed by atoms with Crippen LogP contribution in [0.3, 0.4) is 0 Å². The number of hydrogen-bond donors (Lipinski definition) is 2. The number of carbonyl (C=O) groups is 2. The number of carboxylic acid groups (broad SMARTS) is 2. The van der Waals surface area contributed by atoms with Crippen molar-refractivity contribution in [3.63, 3.8) is 0 Å². The van der Waals surface area contributed by atoms with E-state index < -0.39 is 11.9 Å². The third-order valence-electron chi connectivity index (χ3n) is 8.12. The van der Waals surface area contributed by atoms with Crippen LogP contribution in [0.25, 0.3) is 0 Å². The number of aliphatic hydroxyl groups is 2. The first-order valence-corrected chi connectivity index (χ1v) is 18.1. The fraction of sp³-hybridized carbons (Fsp3) is 0.944. The molecule has 252 valence electrons. The summed E-state index contributed by atoms with van der Waals surface area (Å²) in [4.78, 5) is 20.5. The molecule has 7 heteroatoms. The van der Waals surface area contributed by atoms with Crippen molar-refractivity contribution in [2.45, 2.75) is 219 Å². The number of hydrogen-bond acceptors (Lipinski definition) is 6. The third kappa shape index (κ3) is 46.7. The van der Waals surface area contributed by atoms with Gasteiger partial charge in [0.2, 0.25) is 0 Å². The Morgan fingerprint density at radius 1 is 0.419 bits per heavy atom. The molecular formula is C36H70CaO6. The topological polar surface area (TPSA) is 121 Å². The van der Waals surface area contributed by atoms with E-state index >= 15 is 0 Å². The number of carbonyl (C=O) groups excluding carboxylic acids is 2. The van der Waals surface area contributed by atoms with Crippen LogP contribution in [0.2, 0.25) is 0 Å². The van der Waals surface area contributed by atoms with Gasteiger partial charge in [-0.3, -0.25) is 0 Å². The van der Waals surface area contributed by atoms with Gasteiger partial charge in [-0.25, -0.2) is 0 Å². The van der Waals surface area contributed by atoms with Crippen LogP contribution in [0, 0.1) is 0 Å². The number of carboxylic acids is 2. The van der Waals surface area contributed by atoms with Gasteiger partial charge in [0.25, 0.3) is 0 Å². The van der Waals surface area contributed by atoms with Crippen molar-refractivity contribution >= 4 is 49.7 Å². The standard InChI is InChI=1S/2C18H36O3.Ca/c2*1-2-3-4-5-6-7-8-9-11-14-17(19)15-12-10-13-16-18(20)21;/h2*17,19H,2-16H2,1H3,(H,20,21);/q;;+2/p-2. The average Bonchev–Trinajstić information content (AvgIpc) is 2.95. The maximum atomic E-state index is 10.2. The summed E-state index contributed by atoms with van der Waals surface area (Å²) in [6.07, 6.45) is 31.8. The number of aliphatic hydroxyl groups excluding tert-OH is 2. The first-order valence-electron chi connectivity index (χ1n) is 18.1. The molecule has 0 aliphatic heterocycles. The quantitative estimate of drug-likeness (QED) is 0.0580. The van der Waals surface area contributed by atoms with Crippen LogP contribution in [-0.4, -0.2) is 72.1 Å². The minimum absolute atomic E-state index is 0. The van der Waals surface area contributed by atoms with E-state index in [2.05, 4.69) is 13.8 Å². The molecule has 6 nitrogen and oxygen atoms in total. The Morgan fingerprint density at radius 2 is 0.628 bits per heavy atom. The zero-order chi connectivity index (χ0) is 31.5. The average molecular weight is 639 g/mol. The number of unbranched alkanes of at least 4 members (excludes halogenated alkanes) is 20. The van der Waals surface area contributed by atoms with Gasteiger partial charge in [-0.2, -0.15) is 0 Å². The van der Waals surface area contributed by atoms with Gasteiger partial charge in [-0.1, -0.05) is 155 Å². The summed E-state index contributed by atoms with van der Waals surface area (Å²) in [5, 5.41) is 40.1. The van der Waals surface area contributed by atoms with Crippen LogP contribution < -0.4 is 10.2 Å². The molecular weight excluding hydrogens is 568 g/mol. The molecule has 0 radical (unpaired) electrons. The Morgan fingerprint density at radius 3 is 0.860 bits per heavy atom. The predicted molar refractivity (Wildman–Crippen MR) is 178 cm³/mol. The molecule has 0 aliphatic carbocycles. The zero-order valence-electron chi connectivity index (χ0n) is 28.6. The SMILES string of the molecule is CCCCCCCCCCCC(O)CCCCCC(=O)[O-].CCCCCCCCCCCC(O)CCCCCC(=O)[O-].[Ca+2]. The van der Waals surface area contributed by atoms with Crippen LogP contribution in [-0.2, 0) is 9.59 Å². The van der Waals surface area contributed by atoms with Crippen molar-refractivity contribution in [1.29, 1.82) is 0 Å². The molecule has 0 amide bonds. The molecule has 2 N–H and O–H groups in total. The maximum absolute atomic E-state index is 10.2. The van der Waals surface area contributed by atoms with Crippen molar-refractivity contribution in [3.05, 3.63) is 0 Å². The van der Waals surface area contributed by atoms with Crippen molar-refractivity contribution in [2.24, 2.45) is 0 Å². The van der Waals surface area contributed by atoms with Crippen LogP contribution in [0.1, 0.15) is 206 Å². The van der Waals surface area contributed by atoms with Crippen molar-refractivity contribution in [1.82, 2.24) is 0 Å². The van der Waals surface area contributed by atoms with Crippen LogP contribution in [0.5, 0.6) is 0 Å². The van der Waals surface area contributed by atoms with E-state index in [1.54, 1.807) is 0 Å². The third-order valence-corrected chi connectivity index (χ3v) is 8.12. The van der Waals surface area contributed by atoms with E-state index in [1.807, 2.05) is 0 Å². The Labute approximate surface area is 296 Å². The minimum Gasteiger partial charge on any atom is -0.550 e. The second-order valence-electron chi connectivity index (χ2n) is 12.5. The molecule has 0 heterocycles. The smallest absolute Gasteiger partial charge is 0.550 e. The van der Waals surface area contributed by atoms with Gasteiger partial charge in [0.15, 0.2) is 0 Å². The molecule has 0 aliphatic rings. The monoisotopic (exact) mass is 638 g/mol. The molecule has 0 aromatic carbocycles. The van der Waals surface area contributed by atoms with Crippen molar-refractivity contribution < 1.29 is 30.0 Å². The van der Waals surface area contributed by atoms with E-state index in [9.17, 15) is 30.0 Å². The summed E-state index contributed by atoms with van der Waals surface area (Å²) >= 11 is 0. The molecule has 0 aromatic heterocycles. The molecule has 0 bridgehead atoms. The van der Waals surface area contributed by atoms with Crippen LogP contribution in [0.15, 0.2) is 0 Å². The molecule has 0 spiro atoms. The molecule has 0 rings (SSSR count). The molecule has 2 atom stereocenters. The van der Waals surface area contributed by atoms with E-state index in [0.29, 0.717) is 12.8 Å². The molecule has 2 unspecified atom stereocenters. The molecule has 0 saturated heterocycles. The predicted octanol–water partition coefficient (Wildman–Crippen LogP) is 7.56. The van der Waals surface area contributed by atoms with Gasteiger partial charge in [0.05, 0.1) is 12.2 Å². The Balaban J connectivity index is -0.000000727. The van der Waals surface area contributed by atoms with E-state index in [-0.39, 0.29) is 62.8 Å². The Kier molecular flexibility index (Phi) is 44.4. The van der Waals surface area contributed by atoms with Gasteiger partial charge in [0.1, 0.15) is 0 Å². The minimum atomic E-state index is -0.967.